The molecule has 2 heterocycles. The Labute approximate surface area is 393 Å². The molecular weight excluding hydrogens is 919 g/mol. The Kier molecular flexibility index (Phi) is 16.7. The predicted octanol–water partition coefficient (Wildman–Crippen LogP) is 4.68. The smallest absolute Gasteiger partial charge is 0.295 e. The van der Waals surface area contributed by atoms with Gasteiger partial charge in [0.2, 0.25) is 29.7 Å². The summed E-state index contributed by atoms with van der Waals surface area (Å²) in [7, 11) is -9.17. The van der Waals surface area contributed by atoms with Gasteiger partial charge in [0.15, 0.2) is 0 Å². The molecule has 4 atom stereocenters. The molecule has 6 aromatic rings. The highest BCUT2D eigenvalue weighted by Gasteiger charge is 2.21. The Morgan fingerprint density at radius 1 is 0.529 bits per heavy atom. The average molecular weight is 972 g/mol. The van der Waals surface area contributed by atoms with Gasteiger partial charge in [0.1, 0.15) is 10.7 Å². The van der Waals surface area contributed by atoms with Gasteiger partial charge in [-0.1, -0.05) is 60.7 Å². The molecule has 6 rings (SSSR count). The van der Waals surface area contributed by atoms with Crippen molar-refractivity contribution in [2.45, 2.75) is 68.3 Å². The van der Waals surface area contributed by atoms with Gasteiger partial charge in [-0.15, -0.1) is 0 Å². The summed E-state index contributed by atoms with van der Waals surface area (Å²) in [5, 5.41) is 50.0. The maximum Gasteiger partial charge on any atom is 0.295 e. The van der Waals surface area contributed by atoms with Crippen LogP contribution in [0.2, 0.25) is 0 Å². The molecule has 0 amide bonds. The molecule has 0 aliphatic heterocycles. The molecule has 0 aliphatic carbocycles. The van der Waals surface area contributed by atoms with E-state index in [1.807, 2.05) is 30.3 Å². The number of para-hydroxylation sites is 1. The summed E-state index contributed by atoms with van der Waals surface area (Å²) in [4.78, 5) is 29.7. The molecule has 360 valence electrons. The van der Waals surface area contributed by atoms with Crippen LogP contribution in [0.15, 0.2) is 107 Å². The first kappa shape index (κ1) is 50.7. The van der Waals surface area contributed by atoms with Crippen LogP contribution in [-0.2, 0) is 26.7 Å². The topological polar surface area (TPSA) is 310 Å². The number of hydrogen-bond donors (Lipinski definition) is 9. The lowest BCUT2D eigenvalue weighted by Crippen LogP contribution is -2.38. The highest BCUT2D eigenvalue weighted by atomic mass is 32.2. The monoisotopic (exact) mass is 971 g/mol. The third-order valence-corrected chi connectivity index (χ3v) is 11.4. The van der Waals surface area contributed by atoms with Crippen LogP contribution >= 0.6 is 0 Å². The molecule has 0 bridgehead atoms. The van der Waals surface area contributed by atoms with Crippen LogP contribution in [0.5, 0.6) is 0 Å². The number of aromatic nitrogens is 6. The van der Waals surface area contributed by atoms with E-state index in [0.29, 0.717) is 22.8 Å². The third-order valence-electron chi connectivity index (χ3n) is 9.58. The van der Waals surface area contributed by atoms with E-state index in [9.17, 15) is 46.4 Å². The first-order chi connectivity index (χ1) is 32.2. The zero-order chi connectivity index (χ0) is 49.2. The van der Waals surface area contributed by atoms with E-state index in [1.165, 1.54) is 42.5 Å². The Hall–Kier alpha value is -6.70. The maximum absolute atomic E-state index is 12.7. The first-order valence-electron chi connectivity index (χ1n) is 21.2. The SMILES string of the molecule is CC(O)CN(CC(C)O)c1nc(Cc2ccc(/C=C/c3ccc(Nc4nc(Nc5ccccc5)nc(N(CC(C)O)CC(C)O)n4)cc3S(=O)(=O)O)cc2)nc(Nc2ccc(S(=O)(=O)O)cc2)n1. The van der Waals surface area contributed by atoms with Gasteiger partial charge >= 0.3 is 0 Å². The second-order valence-electron chi connectivity index (χ2n) is 16.1. The van der Waals surface area contributed by atoms with Crippen molar-refractivity contribution in [2.75, 3.05) is 51.9 Å². The average Bonchev–Trinajstić information content (AvgIpc) is 3.25. The molecule has 0 saturated heterocycles. The van der Waals surface area contributed by atoms with Crippen molar-refractivity contribution >= 4 is 79.2 Å². The zero-order valence-corrected chi connectivity index (χ0v) is 39.1. The van der Waals surface area contributed by atoms with Crippen molar-refractivity contribution in [3.63, 3.8) is 0 Å². The number of benzene rings is 4. The lowest BCUT2D eigenvalue weighted by molar-refractivity contribution is 0.176. The fourth-order valence-corrected chi connectivity index (χ4v) is 7.95. The van der Waals surface area contributed by atoms with Crippen LogP contribution in [0.4, 0.5) is 46.8 Å². The van der Waals surface area contributed by atoms with Gasteiger partial charge in [-0.3, -0.25) is 9.11 Å². The van der Waals surface area contributed by atoms with Crippen LogP contribution < -0.4 is 25.8 Å². The van der Waals surface area contributed by atoms with Gasteiger partial charge in [-0.2, -0.15) is 46.7 Å². The zero-order valence-electron chi connectivity index (χ0n) is 37.4. The molecule has 21 nitrogen and oxygen atoms in total. The van der Waals surface area contributed by atoms with Crippen molar-refractivity contribution in [3.8, 4) is 0 Å². The molecule has 68 heavy (non-hydrogen) atoms. The van der Waals surface area contributed by atoms with Gasteiger partial charge in [0, 0.05) is 49.7 Å². The summed E-state index contributed by atoms with van der Waals surface area (Å²) in [5.41, 5.74) is 2.93. The van der Waals surface area contributed by atoms with E-state index < -0.39 is 49.5 Å². The van der Waals surface area contributed by atoms with Crippen molar-refractivity contribution in [1.82, 2.24) is 29.9 Å². The summed E-state index contributed by atoms with van der Waals surface area (Å²) in [5.74, 6) is 0.832. The maximum atomic E-state index is 12.7. The Balaban J connectivity index is 1.24. The minimum absolute atomic E-state index is 0.00469. The number of nitrogens with one attached hydrogen (secondary N) is 3. The fraction of sp³-hybridized carbons (Fsp3) is 0.289. The van der Waals surface area contributed by atoms with Gasteiger partial charge in [0.05, 0.1) is 29.3 Å². The molecular formula is C45H53N11O10S2. The van der Waals surface area contributed by atoms with Gasteiger partial charge in [-0.05, 0) is 92.9 Å². The van der Waals surface area contributed by atoms with E-state index in [-0.39, 0.29) is 78.5 Å². The second-order valence-corrected chi connectivity index (χ2v) is 18.9. The van der Waals surface area contributed by atoms with E-state index in [1.54, 1.807) is 73.9 Å². The molecule has 0 aliphatic rings. The molecule has 0 radical (unpaired) electrons. The molecule has 2 aromatic heterocycles. The van der Waals surface area contributed by atoms with E-state index >= 15 is 0 Å². The number of nitrogens with zero attached hydrogens (tertiary/aromatic N) is 8. The Morgan fingerprint density at radius 3 is 1.50 bits per heavy atom. The number of aliphatic hydroxyl groups is 4. The highest BCUT2D eigenvalue weighted by molar-refractivity contribution is 7.86. The number of aliphatic hydroxyl groups excluding tert-OH is 4. The third kappa shape index (κ3) is 15.2. The minimum atomic E-state index is -4.76. The highest BCUT2D eigenvalue weighted by Crippen LogP contribution is 2.27. The number of rotatable bonds is 22. The first-order valence-corrected chi connectivity index (χ1v) is 24.1. The van der Waals surface area contributed by atoms with Crippen LogP contribution in [0.25, 0.3) is 12.2 Å². The van der Waals surface area contributed by atoms with Crippen LogP contribution in [0, 0.1) is 0 Å². The Morgan fingerprint density at radius 2 is 1.00 bits per heavy atom. The second kappa shape index (κ2) is 22.4. The summed E-state index contributed by atoms with van der Waals surface area (Å²) in [6, 6.07) is 25.9. The largest absolute Gasteiger partial charge is 0.392 e. The fourth-order valence-electron chi connectivity index (χ4n) is 6.76. The molecule has 0 fully saturated rings. The van der Waals surface area contributed by atoms with Crippen LogP contribution in [-0.4, -0.2) is 127 Å². The summed E-state index contributed by atoms with van der Waals surface area (Å²) >= 11 is 0. The number of hydrogen-bond acceptors (Lipinski definition) is 19. The quantitative estimate of drug-likeness (QED) is 0.0329. The van der Waals surface area contributed by atoms with Crippen LogP contribution in [0.1, 0.15) is 50.2 Å². The van der Waals surface area contributed by atoms with Gasteiger partial charge in [-0.25, -0.2) is 0 Å². The van der Waals surface area contributed by atoms with E-state index in [0.717, 1.165) is 5.56 Å². The molecule has 23 heteroatoms. The van der Waals surface area contributed by atoms with E-state index in [2.05, 4.69) is 45.9 Å². The molecule has 4 unspecified atom stereocenters. The molecule has 0 spiro atoms. The van der Waals surface area contributed by atoms with Gasteiger partial charge in [0.25, 0.3) is 20.2 Å². The predicted molar refractivity (Wildman–Crippen MR) is 258 cm³/mol. The summed E-state index contributed by atoms with van der Waals surface area (Å²) < 4.78 is 68.3. The Bertz CT molecular complexity index is 2870. The normalized spacial score (nSPS) is 13.7. The van der Waals surface area contributed by atoms with Crippen molar-refractivity contribution < 1.29 is 46.4 Å². The minimum Gasteiger partial charge on any atom is -0.392 e. The van der Waals surface area contributed by atoms with Gasteiger partial charge < -0.3 is 46.2 Å². The molecule has 0 saturated carbocycles. The summed E-state index contributed by atoms with van der Waals surface area (Å²) in [6.07, 6.45) is 0.227. The van der Waals surface area contributed by atoms with Crippen molar-refractivity contribution in [2.24, 2.45) is 0 Å². The number of anilines is 8. The lowest BCUT2D eigenvalue weighted by atomic mass is 10.1. The molecule has 9 N–H and O–H groups in total. The van der Waals surface area contributed by atoms with E-state index in [4.69, 9.17) is 0 Å². The van der Waals surface area contributed by atoms with Crippen molar-refractivity contribution in [1.29, 1.82) is 0 Å². The van der Waals surface area contributed by atoms with Crippen molar-refractivity contribution in [3.05, 3.63) is 120 Å². The lowest BCUT2D eigenvalue weighted by Gasteiger charge is -2.26. The molecule has 4 aromatic carbocycles. The standard InChI is InChI=1S/C45H53N11O10S2/c1-28(57)24-55(25-29(2)58)44-50-40(49-41(52-44)47-36-18-20-38(21-19-36)67(61,62)63)22-33-12-10-32(11-13-33)14-15-34-16-17-37(23-39(34)68(64,65)66)48-43-51-42(46-35-8-6-5-7-9-35)53-45(54-43)56(26-30(3)59)27-31(4)60/h5-21,23,28-31,57-60H,22,24-27H2,1-4H3,(H,61,62,63)(H,64,65,66)(H,47,49,50,52)(H2,46,48,51,53,54)/b15-14+. The van der Waals surface area contributed by atoms with Crippen LogP contribution in [0.3, 0.4) is 0 Å². The summed E-state index contributed by atoms with van der Waals surface area (Å²) in [6.45, 7) is 6.73.